The highest BCUT2D eigenvalue weighted by Crippen LogP contribution is 2.17. The number of carbonyl (C=O) groups excluding carboxylic acids is 1. The molecule has 0 bridgehead atoms. The van der Waals surface area contributed by atoms with Crippen LogP contribution < -0.4 is 10.9 Å². The van der Waals surface area contributed by atoms with Gasteiger partial charge in [-0.15, -0.1) is 0 Å². The maximum Gasteiger partial charge on any atom is 0.261 e. The number of aromatic amines is 1. The SMILES string of the molecule is Cc1ccc(NC(=O)c2ccc[nH]c2=O)c(C#CCO)c1. The van der Waals surface area contributed by atoms with Gasteiger partial charge in [-0.3, -0.25) is 9.59 Å². The Morgan fingerprint density at radius 1 is 1.38 bits per heavy atom. The highest BCUT2D eigenvalue weighted by atomic mass is 16.2. The van der Waals surface area contributed by atoms with E-state index in [0.29, 0.717) is 11.3 Å². The minimum atomic E-state index is -0.507. The number of nitrogens with one attached hydrogen (secondary N) is 2. The van der Waals surface area contributed by atoms with Gasteiger partial charge < -0.3 is 15.4 Å². The molecule has 0 aliphatic carbocycles. The number of amides is 1. The second-order valence-electron chi connectivity index (χ2n) is 4.38. The zero-order valence-electron chi connectivity index (χ0n) is 11.4. The number of pyridine rings is 1. The van der Waals surface area contributed by atoms with Gasteiger partial charge in [0.1, 0.15) is 12.2 Å². The number of carbonyl (C=O) groups is 1. The van der Waals surface area contributed by atoms with E-state index in [4.69, 9.17) is 5.11 Å². The third kappa shape index (κ3) is 3.59. The molecule has 1 amide bonds. The van der Waals surface area contributed by atoms with Gasteiger partial charge in [0, 0.05) is 11.8 Å². The molecule has 1 aromatic heterocycles. The Morgan fingerprint density at radius 3 is 2.90 bits per heavy atom. The molecule has 0 aliphatic rings. The van der Waals surface area contributed by atoms with Crippen LogP contribution in [0.2, 0.25) is 0 Å². The van der Waals surface area contributed by atoms with Gasteiger partial charge in [0.25, 0.3) is 11.5 Å². The van der Waals surface area contributed by atoms with Crippen molar-refractivity contribution < 1.29 is 9.90 Å². The molecule has 0 radical (unpaired) electrons. The number of aryl methyl sites for hydroxylation is 1. The molecule has 0 unspecified atom stereocenters. The lowest BCUT2D eigenvalue weighted by molar-refractivity contribution is 0.102. The van der Waals surface area contributed by atoms with Crippen molar-refractivity contribution in [3.63, 3.8) is 0 Å². The molecule has 2 rings (SSSR count). The van der Waals surface area contributed by atoms with Crippen molar-refractivity contribution in [1.82, 2.24) is 4.98 Å². The van der Waals surface area contributed by atoms with E-state index in [1.807, 2.05) is 13.0 Å². The predicted molar refractivity (Wildman–Crippen MR) is 80.2 cm³/mol. The van der Waals surface area contributed by atoms with Gasteiger partial charge in [0.15, 0.2) is 0 Å². The molecular formula is C16H14N2O3. The fourth-order valence-corrected chi connectivity index (χ4v) is 1.80. The molecule has 0 fully saturated rings. The van der Waals surface area contributed by atoms with E-state index in [-0.39, 0.29) is 12.2 Å². The Labute approximate surface area is 121 Å². The lowest BCUT2D eigenvalue weighted by Crippen LogP contribution is -2.22. The molecule has 5 heteroatoms. The molecular weight excluding hydrogens is 268 g/mol. The van der Waals surface area contributed by atoms with Crippen molar-refractivity contribution in [3.8, 4) is 11.8 Å². The van der Waals surface area contributed by atoms with Crippen LogP contribution in [0.1, 0.15) is 21.5 Å². The van der Waals surface area contributed by atoms with Crippen molar-refractivity contribution in [3.05, 3.63) is 63.6 Å². The predicted octanol–water partition coefficient (Wildman–Crippen LogP) is 1.28. The van der Waals surface area contributed by atoms with Crippen molar-refractivity contribution >= 4 is 11.6 Å². The molecule has 0 spiro atoms. The summed E-state index contributed by atoms with van der Waals surface area (Å²) in [5, 5.41) is 11.4. The lowest BCUT2D eigenvalue weighted by atomic mass is 10.1. The normalized spacial score (nSPS) is 9.62. The van der Waals surface area contributed by atoms with Crippen LogP contribution in [-0.4, -0.2) is 22.6 Å². The topological polar surface area (TPSA) is 82.2 Å². The number of anilines is 1. The van der Waals surface area contributed by atoms with Gasteiger partial charge >= 0.3 is 0 Å². The Balaban J connectivity index is 2.33. The average molecular weight is 282 g/mol. The maximum absolute atomic E-state index is 12.1. The summed E-state index contributed by atoms with van der Waals surface area (Å²) < 4.78 is 0. The van der Waals surface area contributed by atoms with Crippen molar-refractivity contribution in [1.29, 1.82) is 0 Å². The van der Waals surface area contributed by atoms with Crippen LogP contribution in [0.25, 0.3) is 0 Å². The summed E-state index contributed by atoms with van der Waals surface area (Å²) in [4.78, 5) is 26.1. The standard InChI is InChI=1S/C16H14N2O3/c1-11-6-7-14(12(10-11)4-3-9-19)18-16(21)13-5-2-8-17-15(13)20/h2,5-8,10,19H,9H2,1H3,(H,17,20)(H,18,21). The summed E-state index contributed by atoms with van der Waals surface area (Å²) in [7, 11) is 0. The first-order valence-electron chi connectivity index (χ1n) is 6.31. The monoisotopic (exact) mass is 282 g/mol. The third-order valence-corrected chi connectivity index (χ3v) is 2.79. The van der Waals surface area contributed by atoms with Crippen LogP contribution in [0.5, 0.6) is 0 Å². The van der Waals surface area contributed by atoms with Crippen molar-refractivity contribution in [2.24, 2.45) is 0 Å². The van der Waals surface area contributed by atoms with E-state index in [1.54, 1.807) is 18.2 Å². The minimum absolute atomic E-state index is 0.0270. The van der Waals surface area contributed by atoms with Gasteiger partial charge in [-0.25, -0.2) is 0 Å². The summed E-state index contributed by atoms with van der Waals surface area (Å²) in [6.07, 6.45) is 1.46. The highest BCUT2D eigenvalue weighted by molar-refractivity contribution is 6.04. The second-order valence-corrected chi connectivity index (χ2v) is 4.38. The first-order valence-corrected chi connectivity index (χ1v) is 6.31. The van der Waals surface area contributed by atoms with Crippen molar-refractivity contribution in [2.45, 2.75) is 6.92 Å². The van der Waals surface area contributed by atoms with Crippen LogP contribution in [0.4, 0.5) is 5.69 Å². The summed E-state index contributed by atoms with van der Waals surface area (Å²) in [5.74, 6) is 4.81. The number of aliphatic hydroxyl groups excluding tert-OH is 1. The second kappa shape index (κ2) is 6.55. The zero-order valence-corrected chi connectivity index (χ0v) is 11.4. The Kier molecular flexibility index (Phi) is 4.54. The van der Waals surface area contributed by atoms with E-state index in [9.17, 15) is 9.59 Å². The van der Waals surface area contributed by atoms with Gasteiger partial charge in [0.2, 0.25) is 0 Å². The van der Waals surface area contributed by atoms with Crippen LogP contribution in [0.3, 0.4) is 0 Å². The van der Waals surface area contributed by atoms with E-state index >= 15 is 0 Å². The summed E-state index contributed by atoms with van der Waals surface area (Å²) in [5.41, 5.74) is 1.64. The van der Waals surface area contributed by atoms with Gasteiger partial charge in [0.05, 0.1) is 5.69 Å². The van der Waals surface area contributed by atoms with Crippen LogP contribution in [-0.2, 0) is 0 Å². The zero-order chi connectivity index (χ0) is 15.2. The van der Waals surface area contributed by atoms with Gasteiger partial charge in [-0.05, 0) is 36.8 Å². The molecule has 1 heterocycles. The molecule has 0 saturated heterocycles. The fourth-order valence-electron chi connectivity index (χ4n) is 1.80. The lowest BCUT2D eigenvalue weighted by Gasteiger charge is -2.08. The summed E-state index contributed by atoms with van der Waals surface area (Å²) in [6.45, 7) is 1.64. The average Bonchev–Trinajstić information content (AvgIpc) is 2.47. The van der Waals surface area contributed by atoms with Crippen LogP contribution in [0.15, 0.2) is 41.3 Å². The third-order valence-electron chi connectivity index (χ3n) is 2.79. The van der Waals surface area contributed by atoms with Gasteiger partial charge in [-0.2, -0.15) is 0 Å². The van der Waals surface area contributed by atoms with Crippen LogP contribution >= 0.6 is 0 Å². The number of rotatable bonds is 2. The number of hydrogen-bond donors (Lipinski definition) is 3. The molecule has 0 aliphatic heterocycles. The number of H-pyrrole nitrogens is 1. The molecule has 2 aromatic rings. The largest absolute Gasteiger partial charge is 0.384 e. The molecule has 0 atom stereocenters. The highest BCUT2D eigenvalue weighted by Gasteiger charge is 2.11. The number of hydrogen-bond acceptors (Lipinski definition) is 3. The summed E-state index contributed by atoms with van der Waals surface area (Å²) >= 11 is 0. The quantitative estimate of drug-likeness (QED) is 0.726. The summed E-state index contributed by atoms with van der Waals surface area (Å²) in [6, 6.07) is 8.37. The first-order chi connectivity index (χ1) is 10.1. The van der Waals surface area contributed by atoms with E-state index in [1.165, 1.54) is 12.3 Å². The number of aliphatic hydroxyl groups is 1. The van der Waals surface area contributed by atoms with E-state index in [2.05, 4.69) is 22.1 Å². The number of aromatic nitrogens is 1. The molecule has 5 nitrogen and oxygen atoms in total. The minimum Gasteiger partial charge on any atom is -0.384 e. The molecule has 3 N–H and O–H groups in total. The Morgan fingerprint density at radius 2 is 2.19 bits per heavy atom. The van der Waals surface area contributed by atoms with E-state index in [0.717, 1.165) is 5.56 Å². The first kappa shape index (κ1) is 14.6. The number of benzene rings is 1. The van der Waals surface area contributed by atoms with Crippen molar-refractivity contribution in [2.75, 3.05) is 11.9 Å². The van der Waals surface area contributed by atoms with E-state index < -0.39 is 11.5 Å². The smallest absolute Gasteiger partial charge is 0.261 e. The molecule has 1 aromatic carbocycles. The fraction of sp³-hybridized carbons (Fsp3) is 0.125. The Bertz CT molecular complexity index is 782. The molecule has 106 valence electrons. The van der Waals surface area contributed by atoms with Gasteiger partial charge in [-0.1, -0.05) is 17.9 Å². The maximum atomic E-state index is 12.1. The molecule has 0 saturated carbocycles. The van der Waals surface area contributed by atoms with Crippen LogP contribution in [0, 0.1) is 18.8 Å². The molecule has 21 heavy (non-hydrogen) atoms. The Hall–Kier alpha value is -2.84.